The van der Waals surface area contributed by atoms with E-state index in [1.54, 1.807) is 0 Å². The van der Waals surface area contributed by atoms with E-state index in [0.717, 1.165) is 19.0 Å². The van der Waals surface area contributed by atoms with Crippen LogP contribution in [0.25, 0.3) is 0 Å². The van der Waals surface area contributed by atoms with Gasteiger partial charge in [-0.2, -0.15) is 0 Å². The van der Waals surface area contributed by atoms with Crippen molar-refractivity contribution in [3.63, 3.8) is 0 Å². The summed E-state index contributed by atoms with van der Waals surface area (Å²) in [5.74, 6) is 2.74. The van der Waals surface area contributed by atoms with Gasteiger partial charge in [0.1, 0.15) is 0 Å². The fourth-order valence-corrected chi connectivity index (χ4v) is 3.25. The Morgan fingerprint density at radius 1 is 1.06 bits per heavy atom. The van der Waals surface area contributed by atoms with Crippen molar-refractivity contribution in [3.05, 3.63) is 0 Å². The summed E-state index contributed by atoms with van der Waals surface area (Å²) in [7, 11) is 0. The Labute approximate surface area is 113 Å². The highest BCUT2D eigenvalue weighted by molar-refractivity contribution is 5.81. The molecule has 0 atom stereocenters. The van der Waals surface area contributed by atoms with Crippen molar-refractivity contribution in [1.82, 2.24) is 4.90 Å². The summed E-state index contributed by atoms with van der Waals surface area (Å²) in [6.07, 6.45) is 2.37. The highest BCUT2D eigenvalue weighted by atomic mass is 15.4. The standard InChI is InChI=1S/C15H31N3/c1-11(2)7-15(8-12(3)4)10-17-14(16)18(15)9-13(5)6/h11-13H,7-10H2,1-6H3,(H2,16,17). The van der Waals surface area contributed by atoms with Crippen LogP contribution in [0, 0.1) is 17.8 Å². The second-order valence-electron chi connectivity index (χ2n) is 7.10. The Morgan fingerprint density at radius 2 is 1.56 bits per heavy atom. The molecule has 1 aliphatic rings. The monoisotopic (exact) mass is 253 g/mol. The van der Waals surface area contributed by atoms with Gasteiger partial charge in [0.05, 0.1) is 12.1 Å². The molecule has 0 aliphatic carbocycles. The van der Waals surface area contributed by atoms with Gasteiger partial charge in [0.2, 0.25) is 0 Å². The van der Waals surface area contributed by atoms with Crippen LogP contribution in [0.5, 0.6) is 0 Å². The predicted molar refractivity (Wildman–Crippen MR) is 79.7 cm³/mol. The van der Waals surface area contributed by atoms with E-state index in [2.05, 4.69) is 51.4 Å². The van der Waals surface area contributed by atoms with E-state index in [4.69, 9.17) is 5.73 Å². The lowest BCUT2D eigenvalue weighted by atomic mass is 9.80. The molecule has 0 saturated heterocycles. The molecule has 1 aliphatic heterocycles. The van der Waals surface area contributed by atoms with Crippen LogP contribution in [0.4, 0.5) is 0 Å². The molecule has 106 valence electrons. The maximum Gasteiger partial charge on any atom is 0.191 e. The van der Waals surface area contributed by atoms with Crippen LogP contribution in [0.15, 0.2) is 4.99 Å². The molecular formula is C15H31N3. The first-order chi connectivity index (χ1) is 8.27. The molecule has 0 bridgehead atoms. The maximum atomic E-state index is 6.13. The van der Waals surface area contributed by atoms with Gasteiger partial charge in [-0.05, 0) is 30.6 Å². The van der Waals surface area contributed by atoms with Gasteiger partial charge >= 0.3 is 0 Å². The van der Waals surface area contributed by atoms with Gasteiger partial charge < -0.3 is 10.6 Å². The van der Waals surface area contributed by atoms with Gasteiger partial charge in [0.25, 0.3) is 0 Å². The van der Waals surface area contributed by atoms with E-state index in [1.807, 2.05) is 0 Å². The van der Waals surface area contributed by atoms with Gasteiger partial charge in [0.15, 0.2) is 5.96 Å². The summed E-state index contributed by atoms with van der Waals surface area (Å²) in [4.78, 5) is 6.94. The molecule has 0 saturated carbocycles. The van der Waals surface area contributed by atoms with Crippen molar-refractivity contribution in [2.75, 3.05) is 13.1 Å². The van der Waals surface area contributed by atoms with E-state index < -0.39 is 0 Å². The maximum absolute atomic E-state index is 6.13. The predicted octanol–water partition coefficient (Wildman–Crippen LogP) is 3.10. The van der Waals surface area contributed by atoms with Crippen LogP contribution in [0.2, 0.25) is 0 Å². The molecule has 0 spiro atoms. The first-order valence-corrected chi connectivity index (χ1v) is 7.34. The van der Waals surface area contributed by atoms with E-state index in [9.17, 15) is 0 Å². The molecule has 0 radical (unpaired) electrons. The molecule has 3 nitrogen and oxygen atoms in total. The van der Waals surface area contributed by atoms with E-state index in [0.29, 0.717) is 17.8 Å². The average molecular weight is 253 g/mol. The second kappa shape index (κ2) is 5.94. The van der Waals surface area contributed by atoms with Gasteiger partial charge in [-0.15, -0.1) is 0 Å². The third-order valence-electron chi connectivity index (χ3n) is 3.51. The molecule has 1 heterocycles. The molecule has 0 amide bonds. The Morgan fingerprint density at radius 3 is 1.94 bits per heavy atom. The molecule has 0 unspecified atom stereocenters. The first-order valence-electron chi connectivity index (χ1n) is 7.34. The van der Waals surface area contributed by atoms with Gasteiger partial charge in [-0.1, -0.05) is 41.5 Å². The quantitative estimate of drug-likeness (QED) is 0.790. The van der Waals surface area contributed by atoms with Crippen molar-refractivity contribution in [1.29, 1.82) is 0 Å². The third-order valence-corrected chi connectivity index (χ3v) is 3.51. The summed E-state index contributed by atoms with van der Waals surface area (Å²) in [5.41, 5.74) is 6.29. The van der Waals surface area contributed by atoms with Crippen LogP contribution in [-0.2, 0) is 0 Å². The molecule has 0 aromatic carbocycles. The number of nitrogens with two attached hydrogens (primary N) is 1. The number of nitrogens with zero attached hydrogens (tertiary/aromatic N) is 2. The zero-order valence-corrected chi connectivity index (χ0v) is 13.0. The third kappa shape index (κ3) is 3.63. The smallest absolute Gasteiger partial charge is 0.191 e. The van der Waals surface area contributed by atoms with Crippen LogP contribution >= 0.6 is 0 Å². The number of hydrogen-bond donors (Lipinski definition) is 1. The fraction of sp³-hybridized carbons (Fsp3) is 0.933. The average Bonchev–Trinajstić information content (AvgIpc) is 2.44. The van der Waals surface area contributed by atoms with Crippen molar-refractivity contribution < 1.29 is 0 Å². The molecule has 1 rings (SSSR count). The minimum Gasteiger partial charge on any atom is -0.370 e. The Kier molecular flexibility index (Phi) is 5.06. The van der Waals surface area contributed by atoms with Gasteiger partial charge in [-0.3, -0.25) is 4.99 Å². The van der Waals surface area contributed by atoms with Gasteiger partial charge in [-0.25, -0.2) is 0 Å². The van der Waals surface area contributed by atoms with E-state index in [1.165, 1.54) is 12.8 Å². The Bertz CT molecular complexity index is 282. The summed E-state index contributed by atoms with van der Waals surface area (Å²) in [6, 6.07) is 0. The fourth-order valence-electron chi connectivity index (χ4n) is 3.25. The minimum atomic E-state index is 0.163. The number of aliphatic imine (C=N–C) groups is 1. The van der Waals surface area contributed by atoms with Crippen molar-refractivity contribution in [2.24, 2.45) is 28.5 Å². The molecule has 0 fully saturated rings. The SMILES string of the molecule is CC(C)CN1C(N)=NCC1(CC(C)C)CC(C)C. The van der Waals surface area contributed by atoms with Crippen molar-refractivity contribution in [2.45, 2.75) is 59.9 Å². The highest BCUT2D eigenvalue weighted by Gasteiger charge is 2.42. The van der Waals surface area contributed by atoms with Crippen molar-refractivity contribution in [3.8, 4) is 0 Å². The molecule has 3 heteroatoms. The normalized spacial score (nSPS) is 19.2. The van der Waals surface area contributed by atoms with Crippen LogP contribution in [0.3, 0.4) is 0 Å². The molecule has 2 N–H and O–H groups in total. The second-order valence-corrected chi connectivity index (χ2v) is 7.10. The Hall–Kier alpha value is -0.730. The van der Waals surface area contributed by atoms with E-state index in [-0.39, 0.29) is 5.54 Å². The zero-order chi connectivity index (χ0) is 13.9. The van der Waals surface area contributed by atoms with Gasteiger partial charge in [0, 0.05) is 6.54 Å². The van der Waals surface area contributed by atoms with Crippen LogP contribution in [-0.4, -0.2) is 29.5 Å². The summed E-state index contributed by atoms with van der Waals surface area (Å²) >= 11 is 0. The topological polar surface area (TPSA) is 41.6 Å². The number of hydrogen-bond acceptors (Lipinski definition) is 3. The van der Waals surface area contributed by atoms with E-state index >= 15 is 0 Å². The summed E-state index contributed by atoms with van der Waals surface area (Å²) in [5, 5.41) is 0. The van der Waals surface area contributed by atoms with Crippen molar-refractivity contribution >= 4 is 5.96 Å². The zero-order valence-electron chi connectivity index (χ0n) is 13.0. The Balaban J connectivity index is 2.93. The lowest BCUT2D eigenvalue weighted by molar-refractivity contribution is 0.125. The molecule has 18 heavy (non-hydrogen) atoms. The first kappa shape index (κ1) is 15.3. The lowest BCUT2D eigenvalue weighted by Crippen LogP contribution is -2.54. The highest BCUT2D eigenvalue weighted by Crippen LogP contribution is 2.35. The molecule has 0 aromatic heterocycles. The summed E-state index contributed by atoms with van der Waals surface area (Å²) < 4.78 is 0. The lowest BCUT2D eigenvalue weighted by Gasteiger charge is -2.42. The van der Waals surface area contributed by atoms with Crippen LogP contribution < -0.4 is 5.73 Å². The molecule has 0 aromatic rings. The van der Waals surface area contributed by atoms with Crippen LogP contribution in [0.1, 0.15) is 54.4 Å². The number of rotatable bonds is 6. The minimum absolute atomic E-state index is 0.163. The number of guanidine groups is 1. The largest absolute Gasteiger partial charge is 0.370 e. The summed E-state index contributed by atoms with van der Waals surface area (Å²) in [6.45, 7) is 15.6. The molecular weight excluding hydrogens is 222 g/mol.